The highest BCUT2D eigenvalue weighted by Gasteiger charge is 2.49. The second-order valence-electron chi connectivity index (χ2n) is 8.71. The Bertz CT molecular complexity index is 1260. The van der Waals surface area contributed by atoms with Crippen molar-refractivity contribution in [1.29, 1.82) is 0 Å². The molecule has 0 saturated heterocycles. The van der Waals surface area contributed by atoms with Crippen LogP contribution in [-0.4, -0.2) is 46.2 Å². The fraction of sp³-hybridized carbons (Fsp3) is 0.321. The molecule has 1 aliphatic carbocycles. The lowest BCUT2D eigenvalue weighted by Crippen LogP contribution is -2.43. The Morgan fingerprint density at radius 1 is 0.889 bits per heavy atom. The predicted molar refractivity (Wildman–Crippen MR) is 131 cm³/mol. The van der Waals surface area contributed by atoms with Gasteiger partial charge in [0.1, 0.15) is 17.4 Å². The summed E-state index contributed by atoms with van der Waals surface area (Å²) in [5.74, 6) is -2.58. The number of Topliss-reactive ketones (excluding diaryl/α,β-unsaturated/α-hetero) is 1. The van der Waals surface area contributed by atoms with Gasteiger partial charge in [-0.3, -0.25) is 9.59 Å². The van der Waals surface area contributed by atoms with Gasteiger partial charge in [0.05, 0.1) is 34.0 Å². The Morgan fingerprint density at radius 2 is 1.58 bits per heavy atom. The number of benzene rings is 2. The number of carbonyl (C=O) groups excluding carboxylic acids is 3. The van der Waals surface area contributed by atoms with Crippen LogP contribution in [0.3, 0.4) is 0 Å². The van der Waals surface area contributed by atoms with Crippen LogP contribution in [0.5, 0.6) is 11.5 Å². The van der Waals surface area contributed by atoms with E-state index in [4.69, 9.17) is 18.9 Å². The van der Waals surface area contributed by atoms with E-state index in [1.54, 1.807) is 51.5 Å². The smallest absolute Gasteiger partial charge is 0.336 e. The maximum atomic E-state index is 14.1. The van der Waals surface area contributed by atoms with Gasteiger partial charge in [0.2, 0.25) is 0 Å². The van der Waals surface area contributed by atoms with Crippen LogP contribution < -0.4 is 14.8 Å². The average Bonchev–Trinajstić information content (AvgIpc) is 2.91. The number of allylic oxidation sites excluding steroid dienone is 3. The number of ether oxygens (including phenoxy) is 4. The molecule has 188 valence electrons. The van der Waals surface area contributed by atoms with Crippen LogP contribution in [0, 0.1) is 5.92 Å². The molecule has 3 atom stereocenters. The van der Waals surface area contributed by atoms with Crippen molar-refractivity contribution in [1.82, 2.24) is 5.32 Å². The molecule has 0 radical (unpaired) electrons. The first-order chi connectivity index (χ1) is 17.3. The number of carbonyl (C=O) groups is 3. The summed E-state index contributed by atoms with van der Waals surface area (Å²) < 4.78 is 20.8. The number of ketones is 1. The van der Waals surface area contributed by atoms with Gasteiger partial charge < -0.3 is 24.3 Å². The van der Waals surface area contributed by atoms with Crippen LogP contribution in [-0.2, 0) is 23.9 Å². The molecule has 1 heterocycles. The number of methoxy groups -OCH3 is 4. The lowest BCUT2D eigenvalue weighted by Gasteiger charge is -2.39. The monoisotopic (exact) mass is 491 g/mol. The Balaban J connectivity index is 1.90. The second kappa shape index (κ2) is 10.3. The van der Waals surface area contributed by atoms with E-state index in [0.29, 0.717) is 46.0 Å². The third-order valence-corrected chi connectivity index (χ3v) is 6.85. The molecular weight excluding hydrogens is 462 g/mol. The summed E-state index contributed by atoms with van der Waals surface area (Å²) in [5.41, 5.74) is 3.41. The molecule has 2 aromatic carbocycles. The molecule has 2 aromatic rings. The van der Waals surface area contributed by atoms with Gasteiger partial charge in [-0.1, -0.05) is 24.3 Å². The van der Waals surface area contributed by atoms with E-state index < -0.39 is 35.5 Å². The van der Waals surface area contributed by atoms with Crippen molar-refractivity contribution >= 4 is 17.7 Å². The molecule has 36 heavy (non-hydrogen) atoms. The third-order valence-electron chi connectivity index (χ3n) is 6.85. The molecular formula is C28H29NO7. The highest BCUT2D eigenvalue weighted by Crippen LogP contribution is 2.48. The molecule has 1 aliphatic heterocycles. The zero-order chi connectivity index (χ0) is 26.0. The molecule has 0 fully saturated rings. The molecule has 0 aromatic heterocycles. The van der Waals surface area contributed by atoms with Gasteiger partial charge in [0.15, 0.2) is 5.78 Å². The normalized spacial score (nSPS) is 21.4. The van der Waals surface area contributed by atoms with E-state index in [9.17, 15) is 14.4 Å². The van der Waals surface area contributed by atoms with E-state index in [-0.39, 0.29) is 0 Å². The Morgan fingerprint density at radius 3 is 2.19 bits per heavy atom. The summed E-state index contributed by atoms with van der Waals surface area (Å²) in [6.45, 7) is 1.78. The fourth-order valence-electron chi connectivity index (χ4n) is 5.13. The van der Waals surface area contributed by atoms with Gasteiger partial charge >= 0.3 is 11.9 Å². The van der Waals surface area contributed by atoms with Gasteiger partial charge in [-0.05, 0) is 48.7 Å². The number of hydrogen-bond acceptors (Lipinski definition) is 8. The highest BCUT2D eigenvalue weighted by molar-refractivity contribution is 6.13. The maximum Gasteiger partial charge on any atom is 0.336 e. The van der Waals surface area contributed by atoms with Crippen LogP contribution in [0.4, 0.5) is 0 Å². The first kappa shape index (κ1) is 25.0. The Labute approximate surface area is 209 Å². The molecule has 2 aliphatic rings. The van der Waals surface area contributed by atoms with Crippen LogP contribution in [0.1, 0.15) is 36.3 Å². The van der Waals surface area contributed by atoms with Crippen molar-refractivity contribution in [3.8, 4) is 11.5 Å². The quantitative estimate of drug-likeness (QED) is 0.483. The van der Waals surface area contributed by atoms with Crippen molar-refractivity contribution in [3.05, 3.63) is 82.2 Å². The molecule has 0 bridgehead atoms. The van der Waals surface area contributed by atoms with E-state index in [2.05, 4.69) is 5.32 Å². The van der Waals surface area contributed by atoms with Crippen molar-refractivity contribution in [2.24, 2.45) is 5.92 Å². The molecule has 8 heteroatoms. The summed E-state index contributed by atoms with van der Waals surface area (Å²) in [6, 6.07) is 14.5. The van der Waals surface area contributed by atoms with Crippen LogP contribution in [0.25, 0.3) is 0 Å². The minimum absolute atomic E-state index is 0.310. The molecule has 0 saturated carbocycles. The summed E-state index contributed by atoms with van der Waals surface area (Å²) >= 11 is 0. The van der Waals surface area contributed by atoms with Gasteiger partial charge in [-0.25, -0.2) is 4.79 Å². The number of dihydropyridines is 1. The average molecular weight is 492 g/mol. The van der Waals surface area contributed by atoms with Crippen molar-refractivity contribution in [2.45, 2.75) is 25.2 Å². The number of nitrogens with one attached hydrogen (secondary N) is 1. The van der Waals surface area contributed by atoms with Gasteiger partial charge in [0, 0.05) is 28.8 Å². The van der Waals surface area contributed by atoms with E-state index in [1.807, 2.05) is 18.2 Å². The first-order valence-corrected chi connectivity index (χ1v) is 11.5. The second-order valence-corrected chi connectivity index (χ2v) is 8.71. The fourth-order valence-corrected chi connectivity index (χ4v) is 5.13. The zero-order valence-corrected chi connectivity index (χ0v) is 20.9. The molecule has 1 N–H and O–H groups in total. The molecule has 8 nitrogen and oxygen atoms in total. The Kier molecular flexibility index (Phi) is 7.15. The lowest BCUT2D eigenvalue weighted by atomic mass is 9.67. The van der Waals surface area contributed by atoms with Gasteiger partial charge in [-0.2, -0.15) is 0 Å². The summed E-state index contributed by atoms with van der Waals surface area (Å²) in [4.78, 5) is 40.1. The highest BCUT2D eigenvalue weighted by atomic mass is 16.5. The molecule has 0 amide bonds. The topological polar surface area (TPSA) is 100 Å². The van der Waals surface area contributed by atoms with Crippen LogP contribution >= 0.6 is 0 Å². The molecule has 0 unspecified atom stereocenters. The van der Waals surface area contributed by atoms with Crippen molar-refractivity contribution in [2.75, 3.05) is 28.4 Å². The first-order valence-electron chi connectivity index (χ1n) is 11.5. The summed E-state index contributed by atoms with van der Waals surface area (Å²) in [5, 5.41) is 3.27. The predicted octanol–water partition coefficient (Wildman–Crippen LogP) is 3.64. The minimum Gasteiger partial charge on any atom is -0.497 e. The summed E-state index contributed by atoms with van der Waals surface area (Å²) in [6.07, 6.45) is 0.374. The SMILES string of the molecule is COC(=O)C1=C(C)NC2=C(C(=O)[C@@H](C(=O)OC)[C@@H](c3ccc(OC)cc3)C2)[C@@H]1c1cccc(OC)c1. The van der Waals surface area contributed by atoms with Crippen molar-refractivity contribution < 1.29 is 33.3 Å². The number of rotatable bonds is 6. The largest absolute Gasteiger partial charge is 0.497 e. The van der Waals surface area contributed by atoms with E-state index >= 15 is 0 Å². The molecule has 0 spiro atoms. The standard InChI is InChI=1S/C28H29NO7/c1-15-22(27(31)35-4)23(17-7-6-8-19(13-17)34-3)25-21(29-15)14-20(24(26(25)30)28(32)36-5)16-9-11-18(33-2)12-10-16/h6-13,20,23-24,29H,14H2,1-5H3/t20-,23-,24+/m1/s1. The number of hydrogen-bond donors (Lipinski definition) is 1. The summed E-state index contributed by atoms with van der Waals surface area (Å²) in [7, 11) is 5.70. The van der Waals surface area contributed by atoms with Gasteiger partial charge in [0.25, 0.3) is 0 Å². The third kappa shape index (κ3) is 4.34. The van der Waals surface area contributed by atoms with Crippen molar-refractivity contribution in [3.63, 3.8) is 0 Å². The minimum atomic E-state index is -1.07. The zero-order valence-electron chi connectivity index (χ0n) is 20.9. The maximum absolute atomic E-state index is 14.1. The van der Waals surface area contributed by atoms with Crippen LogP contribution in [0.15, 0.2) is 71.1 Å². The van der Waals surface area contributed by atoms with E-state index in [1.165, 1.54) is 14.2 Å². The number of esters is 2. The lowest BCUT2D eigenvalue weighted by molar-refractivity contribution is -0.150. The van der Waals surface area contributed by atoms with Crippen LogP contribution in [0.2, 0.25) is 0 Å². The van der Waals surface area contributed by atoms with E-state index in [0.717, 1.165) is 5.56 Å². The van der Waals surface area contributed by atoms with Gasteiger partial charge in [-0.15, -0.1) is 0 Å². The Hall–Kier alpha value is -4.07. The molecule has 4 rings (SSSR count).